The smallest absolute Gasteiger partial charge is 0.403 e. The lowest BCUT2D eigenvalue weighted by molar-refractivity contribution is -0.664. The van der Waals surface area contributed by atoms with Gasteiger partial charge in [0.25, 0.3) is 5.69 Å². The van der Waals surface area contributed by atoms with E-state index in [4.69, 9.17) is 4.74 Å². The van der Waals surface area contributed by atoms with E-state index >= 15 is 0 Å². The molecule has 104 valence electrons. The third-order valence-corrected chi connectivity index (χ3v) is 3.52. The Morgan fingerprint density at radius 3 is 2.43 bits per heavy atom. The molecule has 0 spiro atoms. The molecule has 21 heavy (non-hydrogen) atoms. The fourth-order valence-electron chi connectivity index (χ4n) is 2.48. The molecule has 1 aromatic heterocycles. The van der Waals surface area contributed by atoms with Gasteiger partial charge in [0.15, 0.2) is 6.54 Å². The van der Waals surface area contributed by atoms with Gasteiger partial charge < -0.3 is 4.74 Å². The van der Waals surface area contributed by atoms with Crippen molar-refractivity contribution in [2.45, 2.75) is 6.54 Å². The van der Waals surface area contributed by atoms with E-state index in [9.17, 15) is 4.79 Å². The highest BCUT2D eigenvalue weighted by Gasteiger charge is 2.22. The third kappa shape index (κ3) is 2.63. The summed E-state index contributed by atoms with van der Waals surface area (Å²) in [6.45, 7) is 0.632. The molecule has 2 aromatic carbocycles. The van der Waals surface area contributed by atoms with Crippen LogP contribution in [0.2, 0.25) is 0 Å². The van der Waals surface area contributed by atoms with Crippen LogP contribution in [0.5, 0.6) is 0 Å². The highest BCUT2D eigenvalue weighted by atomic mass is 16.5. The van der Waals surface area contributed by atoms with E-state index in [0.29, 0.717) is 12.2 Å². The Morgan fingerprint density at radius 1 is 0.952 bits per heavy atom. The molecule has 0 radical (unpaired) electrons. The van der Waals surface area contributed by atoms with Gasteiger partial charge in [0, 0.05) is 23.1 Å². The van der Waals surface area contributed by atoms with Crippen molar-refractivity contribution in [1.29, 1.82) is 0 Å². The number of ether oxygens (including phenoxy) is 1. The molecule has 0 atom stereocenters. The molecule has 0 bridgehead atoms. The molecule has 3 aromatic rings. The fourth-order valence-corrected chi connectivity index (χ4v) is 2.48. The number of hydrogen-bond acceptors (Lipinski definition) is 2. The van der Waals surface area contributed by atoms with Crippen LogP contribution in [-0.4, -0.2) is 13.1 Å². The Hall–Kier alpha value is -2.68. The van der Waals surface area contributed by atoms with E-state index in [1.165, 1.54) is 7.11 Å². The lowest BCUT2D eigenvalue weighted by Gasteiger charge is -2.06. The number of nitrogens with zero attached hydrogens (tertiary/aromatic N) is 1. The van der Waals surface area contributed by atoms with Crippen molar-refractivity contribution in [3.05, 3.63) is 78.0 Å². The molecule has 0 aliphatic carbocycles. The maximum atomic E-state index is 12.0. The number of fused-ring (bicyclic) bond motifs is 1. The molecule has 0 unspecified atom stereocenters. The first kappa shape index (κ1) is 13.3. The van der Waals surface area contributed by atoms with Crippen molar-refractivity contribution in [2.24, 2.45) is 0 Å². The van der Waals surface area contributed by atoms with Crippen LogP contribution in [0.3, 0.4) is 0 Å². The normalized spacial score (nSPS) is 10.5. The van der Waals surface area contributed by atoms with Gasteiger partial charge in [-0.3, -0.25) is 0 Å². The summed E-state index contributed by atoms with van der Waals surface area (Å²) < 4.78 is 6.90. The van der Waals surface area contributed by atoms with Gasteiger partial charge in [0.2, 0.25) is 5.52 Å². The maximum Gasteiger partial charge on any atom is 0.403 e. The molecule has 3 nitrogen and oxygen atoms in total. The minimum absolute atomic E-state index is 0.323. The predicted octanol–water partition coefficient (Wildman–Crippen LogP) is 2.96. The maximum absolute atomic E-state index is 12.0. The number of benzene rings is 2. The molecule has 3 rings (SSSR count). The summed E-state index contributed by atoms with van der Waals surface area (Å²) in [5.74, 6) is -0.323. The third-order valence-electron chi connectivity index (χ3n) is 3.52. The number of hydrogen-bond donors (Lipinski definition) is 0. The van der Waals surface area contributed by atoms with Crippen molar-refractivity contribution >= 4 is 16.9 Å². The van der Waals surface area contributed by atoms with E-state index in [-0.39, 0.29) is 5.97 Å². The van der Waals surface area contributed by atoms with Crippen molar-refractivity contribution in [3.8, 4) is 0 Å². The van der Waals surface area contributed by atoms with Crippen LogP contribution < -0.4 is 4.57 Å². The van der Waals surface area contributed by atoms with Gasteiger partial charge in [-0.1, -0.05) is 42.5 Å². The summed E-state index contributed by atoms with van der Waals surface area (Å²) in [4.78, 5) is 12.0. The van der Waals surface area contributed by atoms with Crippen LogP contribution in [-0.2, 0) is 11.3 Å². The van der Waals surface area contributed by atoms with Crippen molar-refractivity contribution in [3.63, 3.8) is 0 Å². The number of pyridine rings is 1. The average molecular weight is 278 g/mol. The lowest BCUT2D eigenvalue weighted by Crippen LogP contribution is -2.42. The zero-order chi connectivity index (χ0) is 14.7. The molecule has 3 heteroatoms. The van der Waals surface area contributed by atoms with E-state index in [1.54, 1.807) is 0 Å². The predicted molar refractivity (Wildman–Crippen MR) is 81.0 cm³/mol. The quantitative estimate of drug-likeness (QED) is 0.544. The Morgan fingerprint density at radius 2 is 1.67 bits per heavy atom. The number of esters is 1. The number of rotatable bonds is 3. The van der Waals surface area contributed by atoms with Crippen LogP contribution >= 0.6 is 0 Å². The second kappa shape index (κ2) is 5.75. The summed E-state index contributed by atoms with van der Waals surface area (Å²) in [5.41, 5.74) is 2.72. The van der Waals surface area contributed by atoms with Gasteiger partial charge in [0.05, 0.1) is 7.11 Å². The van der Waals surface area contributed by atoms with Gasteiger partial charge in [-0.15, -0.1) is 0 Å². The van der Waals surface area contributed by atoms with Gasteiger partial charge in [-0.05, 0) is 12.1 Å². The number of carbonyl (C=O) groups is 1. The molecule has 0 saturated heterocycles. The van der Waals surface area contributed by atoms with Crippen molar-refractivity contribution in [1.82, 2.24) is 0 Å². The highest BCUT2D eigenvalue weighted by molar-refractivity contribution is 5.88. The Balaban J connectivity index is 2.18. The molecule has 0 amide bonds. The Labute approximate surface area is 123 Å². The fraction of sp³-hybridized carbons (Fsp3) is 0.111. The number of carbonyl (C=O) groups excluding carboxylic acids is 1. The second-order valence-corrected chi connectivity index (χ2v) is 4.84. The summed E-state index contributed by atoms with van der Waals surface area (Å²) in [6.07, 6.45) is 0. The van der Waals surface area contributed by atoms with E-state index < -0.39 is 0 Å². The molecule has 0 aliphatic rings. The first-order valence-electron chi connectivity index (χ1n) is 6.83. The van der Waals surface area contributed by atoms with Crippen molar-refractivity contribution in [2.75, 3.05) is 7.11 Å². The lowest BCUT2D eigenvalue weighted by atomic mass is 10.1. The number of methoxy groups -OCH3 is 1. The first-order chi connectivity index (χ1) is 10.3. The zero-order valence-electron chi connectivity index (χ0n) is 11.8. The molecule has 0 aliphatic heterocycles. The van der Waals surface area contributed by atoms with Crippen molar-refractivity contribution < 1.29 is 14.1 Å². The summed E-state index contributed by atoms with van der Waals surface area (Å²) in [6, 6.07) is 21.9. The number of para-hydroxylation sites is 1. The molecular formula is C18H16NO2+. The van der Waals surface area contributed by atoms with Crippen LogP contribution in [0, 0.1) is 0 Å². The summed E-state index contributed by atoms with van der Waals surface area (Å²) >= 11 is 0. The monoisotopic (exact) mass is 278 g/mol. The largest absolute Gasteiger partial charge is 0.461 e. The van der Waals surface area contributed by atoms with Gasteiger partial charge in [0.1, 0.15) is 0 Å². The Kier molecular flexibility index (Phi) is 3.65. The van der Waals surface area contributed by atoms with E-state index in [2.05, 4.69) is 12.1 Å². The van der Waals surface area contributed by atoms with Crippen LogP contribution in [0.4, 0.5) is 0 Å². The first-order valence-corrected chi connectivity index (χ1v) is 6.83. The Bertz CT molecular complexity index is 782. The average Bonchev–Trinajstić information content (AvgIpc) is 2.55. The van der Waals surface area contributed by atoms with E-state index in [1.807, 2.05) is 59.2 Å². The van der Waals surface area contributed by atoms with Gasteiger partial charge >= 0.3 is 5.97 Å². The molecule has 0 saturated carbocycles. The van der Waals surface area contributed by atoms with Gasteiger partial charge in [-0.2, -0.15) is 4.57 Å². The highest BCUT2D eigenvalue weighted by Crippen LogP contribution is 2.12. The number of aromatic nitrogens is 1. The zero-order valence-corrected chi connectivity index (χ0v) is 11.8. The SMILES string of the molecule is COC(=O)c1ccc2ccccc2[n+]1Cc1ccccc1. The minimum Gasteiger partial charge on any atom is -0.461 e. The molecule has 0 N–H and O–H groups in total. The summed E-state index contributed by atoms with van der Waals surface area (Å²) in [7, 11) is 1.41. The molecule has 1 heterocycles. The van der Waals surface area contributed by atoms with Crippen LogP contribution in [0.25, 0.3) is 10.9 Å². The standard InChI is InChI=1S/C18H16NO2/c1-21-18(20)17-12-11-15-9-5-6-10-16(15)19(17)13-14-7-3-2-4-8-14/h2-12H,13H2,1H3/q+1. The minimum atomic E-state index is -0.323. The topological polar surface area (TPSA) is 30.2 Å². The second-order valence-electron chi connectivity index (χ2n) is 4.84. The summed E-state index contributed by atoms with van der Waals surface area (Å²) in [5, 5.41) is 1.10. The van der Waals surface area contributed by atoms with Crippen LogP contribution in [0.15, 0.2) is 66.7 Å². The molecule has 0 fully saturated rings. The van der Waals surface area contributed by atoms with Crippen LogP contribution in [0.1, 0.15) is 16.1 Å². The van der Waals surface area contributed by atoms with E-state index in [0.717, 1.165) is 16.5 Å². The van der Waals surface area contributed by atoms with Gasteiger partial charge in [-0.25, -0.2) is 4.79 Å². The molecular weight excluding hydrogens is 262 g/mol.